The molecule has 2 aromatic carbocycles. The second-order valence-corrected chi connectivity index (χ2v) is 17.7. The Morgan fingerprint density at radius 2 is 1.62 bits per heavy atom. The maximum Gasteiger partial charge on any atom is 0.312 e. The zero-order chi connectivity index (χ0) is 47.1. The summed E-state index contributed by atoms with van der Waals surface area (Å²) >= 11 is 0. The lowest BCUT2D eigenvalue weighted by atomic mass is 9.73. The first-order chi connectivity index (χ1) is 29.5. The number of cyclic esters (lactones) is 1. The van der Waals surface area contributed by atoms with Crippen LogP contribution in [0.4, 0.5) is 13.2 Å². The van der Waals surface area contributed by atoms with Gasteiger partial charge in [-0.2, -0.15) is 10.2 Å². The van der Waals surface area contributed by atoms with Crippen LogP contribution in [0.2, 0.25) is 0 Å². The predicted molar refractivity (Wildman–Crippen MR) is 229 cm³/mol. The van der Waals surface area contributed by atoms with E-state index in [1.54, 1.807) is 59.1 Å². The zero-order valence-electron chi connectivity index (χ0n) is 38.4. The summed E-state index contributed by atoms with van der Waals surface area (Å²) in [7, 11) is 6.64. The van der Waals surface area contributed by atoms with Crippen LogP contribution in [0.25, 0.3) is 0 Å². The Kier molecular flexibility index (Phi) is 17.9. The number of aliphatic hydroxyl groups excluding tert-OH is 2. The van der Waals surface area contributed by atoms with Crippen LogP contribution >= 0.6 is 0 Å². The molecule has 2 fully saturated rings. The number of hydrogen-bond acceptors (Lipinski definition) is 14. The van der Waals surface area contributed by atoms with E-state index >= 15 is 0 Å². The fraction of sp³-hybridized carbons (Fsp3) is 0.652. The van der Waals surface area contributed by atoms with Crippen LogP contribution in [-0.2, 0) is 39.7 Å². The monoisotopic (exact) mass is 893 g/mol. The van der Waals surface area contributed by atoms with Gasteiger partial charge in [0.1, 0.15) is 35.5 Å². The standard InChI is InChI=1S/C46H66F3N3O11/c1-13-36-46(8,57)41(55)26(4)38(51-50-23-29-14-16-31(58-11)17-15-29)24(2)22-45(7,59-12)42(63-44-39(54)35(52(9)10)18-25(3)60-44)27(5)40(28(6)43(56)61-36)62-37(53)20-30-19-33(48)34(49)21-32(30)47/h14-17,19,21,23-28,35-36,39-42,44,54-55,57H,13,18,20,22H2,1-12H3. The van der Waals surface area contributed by atoms with Crippen molar-refractivity contribution in [2.75, 3.05) is 28.3 Å². The van der Waals surface area contributed by atoms with Crippen molar-refractivity contribution in [3.8, 4) is 5.75 Å². The number of benzene rings is 2. The number of hydrogen-bond donors (Lipinski definition) is 3. The number of ether oxygens (including phenoxy) is 6. The Hall–Kier alpha value is -3.97. The molecule has 0 aliphatic carbocycles. The molecule has 3 N–H and O–H groups in total. The van der Waals surface area contributed by atoms with Crippen LogP contribution < -0.4 is 4.74 Å². The van der Waals surface area contributed by atoms with Crippen molar-refractivity contribution in [2.24, 2.45) is 33.9 Å². The molecule has 2 saturated heterocycles. The number of aliphatic hydroxyl groups is 3. The number of halogens is 3. The topological polar surface area (TPSA) is 178 Å². The summed E-state index contributed by atoms with van der Waals surface area (Å²) in [6.45, 7) is 13.2. The molecule has 2 aromatic rings. The van der Waals surface area contributed by atoms with E-state index in [9.17, 15) is 38.1 Å². The maximum atomic E-state index is 14.8. The molecule has 14 atom stereocenters. The normalized spacial score (nSPS) is 35.7. The Morgan fingerprint density at radius 3 is 2.21 bits per heavy atom. The van der Waals surface area contributed by atoms with Gasteiger partial charge < -0.3 is 48.6 Å². The van der Waals surface area contributed by atoms with Crippen molar-refractivity contribution < 1.29 is 66.5 Å². The van der Waals surface area contributed by atoms with Crippen molar-refractivity contribution in [1.82, 2.24) is 4.90 Å². The number of nitrogens with zero attached hydrogens (tertiary/aromatic N) is 3. The van der Waals surface area contributed by atoms with Crippen LogP contribution in [0.5, 0.6) is 5.75 Å². The highest BCUT2D eigenvalue weighted by Gasteiger charge is 2.52. The lowest BCUT2D eigenvalue weighted by Crippen LogP contribution is -2.60. The molecule has 2 aliphatic heterocycles. The minimum Gasteiger partial charge on any atom is -0.497 e. The van der Waals surface area contributed by atoms with Gasteiger partial charge in [-0.05, 0) is 103 Å². The van der Waals surface area contributed by atoms with E-state index in [1.807, 2.05) is 32.8 Å². The van der Waals surface area contributed by atoms with Gasteiger partial charge in [0.05, 0.1) is 49.6 Å². The average molecular weight is 894 g/mol. The first kappa shape index (κ1) is 51.7. The molecule has 14 unspecified atom stereocenters. The number of esters is 2. The third-order valence-electron chi connectivity index (χ3n) is 12.7. The number of rotatable bonds is 11. The van der Waals surface area contributed by atoms with Crippen LogP contribution in [0.3, 0.4) is 0 Å². The molecule has 2 heterocycles. The van der Waals surface area contributed by atoms with E-state index in [0.717, 1.165) is 0 Å². The van der Waals surface area contributed by atoms with Crippen molar-refractivity contribution in [3.63, 3.8) is 0 Å². The Labute approximate surface area is 368 Å². The van der Waals surface area contributed by atoms with Gasteiger partial charge >= 0.3 is 11.9 Å². The van der Waals surface area contributed by atoms with E-state index < -0.39 is 119 Å². The maximum absolute atomic E-state index is 14.8. The fourth-order valence-electron chi connectivity index (χ4n) is 8.88. The highest BCUT2D eigenvalue weighted by atomic mass is 19.2. The number of carbonyl (C=O) groups excluding carboxylic acids is 2. The summed E-state index contributed by atoms with van der Waals surface area (Å²) in [6.07, 6.45) is -6.98. The second kappa shape index (κ2) is 21.8. The lowest BCUT2D eigenvalue weighted by molar-refractivity contribution is -0.301. The molecule has 0 bridgehead atoms. The summed E-state index contributed by atoms with van der Waals surface area (Å²) < 4.78 is 79.5. The molecule has 352 valence electrons. The predicted octanol–water partition coefficient (Wildman–Crippen LogP) is 5.64. The molecular weight excluding hydrogens is 828 g/mol. The van der Waals surface area contributed by atoms with Crippen molar-refractivity contribution in [3.05, 3.63) is 65.0 Å². The van der Waals surface area contributed by atoms with Gasteiger partial charge in [0, 0.05) is 42.3 Å². The van der Waals surface area contributed by atoms with Crippen LogP contribution in [-0.4, -0.2) is 133 Å². The minimum absolute atomic E-state index is 0.0535. The average Bonchev–Trinajstić information content (AvgIpc) is 3.23. The van der Waals surface area contributed by atoms with Gasteiger partial charge in [0.15, 0.2) is 17.9 Å². The quantitative estimate of drug-likeness (QED) is 0.110. The fourth-order valence-corrected chi connectivity index (χ4v) is 8.88. The number of likely N-dealkylation sites (N-methyl/N-ethyl adjacent to an activating group) is 1. The molecule has 0 saturated carbocycles. The molecule has 0 spiro atoms. The SMILES string of the molecule is CCC1OC(=O)C(C)C(OC(=O)Cc2cc(F)c(F)cc2F)C(C)C(OC2OC(C)CC(N(C)C)C2O)C(C)(OC)CC(C)C(=NN=Cc2ccc(OC)cc2)C(C)C(O)C1(C)O. The van der Waals surface area contributed by atoms with E-state index in [4.69, 9.17) is 28.4 Å². The van der Waals surface area contributed by atoms with Crippen molar-refractivity contribution in [1.29, 1.82) is 0 Å². The molecule has 4 rings (SSSR count). The number of methoxy groups -OCH3 is 2. The molecule has 2 aliphatic rings. The summed E-state index contributed by atoms with van der Waals surface area (Å²) in [5.74, 6) is -9.18. The third kappa shape index (κ3) is 12.2. The Morgan fingerprint density at radius 1 is 0.984 bits per heavy atom. The molecule has 17 heteroatoms. The third-order valence-corrected chi connectivity index (χ3v) is 12.7. The molecule has 0 aromatic heterocycles. The highest BCUT2D eigenvalue weighted by molar-refractivity contribution is 5.90. The van der Waals surface area contributed by atoms with Gasteiger partial charge in [-0.25, -0.2) is 13.2 Å². The smallest absolute Gasteiger partial charge is 0.312 e. The van der Waals surface area contributed by atoms with Crippen LogP contribution in [0.1, 0.15) is 85.8 Å². The summed E-state index contributed by atoms with van der Waals surface area (Å²) in [5, 5.41) is 44.7. The zero-order valence-corrected chi connectivity index (χ0v) is 38.4. The summed E-state index contributed by atoms with van der Waals surface area (Å²) in [6, 6.07) is 7.59. The van der Waals surface area contributed by atoms with E-state index in [-0.39, 0.29) is 18.9 Å². The minimum atomic E-state index is -2.06. The second-order valence-electron chi connectivity index (χ2n) is 17.7. The van der Waals surface area contributed by atoms with Gasteiger partial charge in [-0.1, -0.05) is 27.7 Å². The van der Waals surface area contributed by atoms with E-state index in [0.29, 0.717) is 35.6 Å². The molecular formula is C46H66F3N3O11. The molecule has 63 heavy (non-hydrogen) atoms. The summed E-state index contributed by atoms with van der Waals surface area (Å²) in [5.41, 5.74) is -2.89. The van der Waals surface area contributed by atoms with Gasteiger partial charge in [0.25, 0.3) is 0 Å². The van der Waals surface area contributed by atoms with Crippen LogP contribution in [0.15, 0.2) is 46.6 Å². The Bertz CT molecular complexity index is 1920. The molecule has 0 radical (unpaired) electrons. The molecule has 14 nitrogen and oxygen atoms in total. The van der Waals surface area contributed by atoms with E-state index in [1.165, 1.54) is 27.2 Å². The molecule has 0 amide bonds. The lowest BCUT2D eigenvalue weighted by Gasteiger charge is -2.48. The van der Waals surface area contributed by atoms with Gasteiger partial charge in [-0.3, -0.25) is 9.59 Å². The first-order valence-electron chi connectivity index (χ1n) is 21.4. The number of carbonyl (C=O) groups is 2. The van der Waals surface area contributed by atoms with Gasteiger partial charge in [0.2, 0.25) is 0 Å². The van der Waals surface area contributed by atoms with E-state index in [2.05, 4.69) is 10.2 Å². The highest BCUT2D eigenvalue weighted by Crippen LogP contribution is 2.40. The van der Waals surface area contributed by atoms with Crippen LogP contribution in [0, 0.1) is 41.1 Å². The van der Waals surface area contributed by atoms with Crippen molar-refractivity contribution in [2.45, 2.75) is 141 Å². The first-order valence-corrected chi connectivity index (χ1v) is 21.4. The summed E-state index contributed by atoms with van der Waals surface area (Å²) in [4.78, 5) is 29.9. The Balaban J connectivity index is 1.91. The largest absolute Gasteiger partial charge is 0.497 e. The van der Waals surface area contributed by atoms with Crippen molar-refractivity contribution >= 4 is 23.9 Å². The van der Waals surface area contributed by atoms with Gasteiger partial charge in [-0.15, -0.1) is 0 Å².